The number of aldehydes is 1. The highest BCUT2D eigenvalue weighted by molar-refractivity contribution is 5.56. The summed E-state index contributed by atoms with van der Waals surface area (Å²) in [6.45, 7) is 8.31. The third-order valence-electron chi connectivity index (χ3n) is 3.07. The van der Waals surface area contributed by atoms with E-state index >= 15 is 0 Å². The minimum Gasteiger partial charge on any atom is -0.300 e. The molecule has 1 aliphatic rings. The van der Waals surface area contributed by atoms with Crippen LogP contribution in [0.15, 0.2) is 0 Å². The molecule has 1 fully saturated rings. The minimum absolute atomic E-state index is 0.0499. The molecule has 0 unspecified atom stereocenters. The van der Waals surface area contributed by atoms with Crippen molar-refractivity contribution in [1.82, 2.24) is 4.90 Å². The molecular weight excluding hydrogens is 181 g/mol. The van der Waals surface area contributed by atoms with Crippen LogP contribution in [0, 0.1) is 5.92 Å². The number of hydrogen-bond donors (Lipinski definition) is 0. The zero-order chi connectivity index (χ0) is 10.8. The van der Waals surface area contributed by atoms with E-state index in [0.717, 1.165) is 25.9 Å². The molecule has 1 heterocycles. The van der Waals surface area contributed by atoms with Crippen LogP contribution in [0.5, 0.6) is 0 Å². The van der Waals surface area contributed by atoms with E-state index in [0.29, 0.717) is 6.29 Å². The second kappa shape index (κ2) is 4.39. The van der Waals surface area contributed by atoms with E-state index < -0.39 is 6.17 Å². The van der Waals surface area contributed by atoms with Gasteiger partial charge in [-0.15, -0.1) is 0 Å². The Balaban J connectivity index is 2.42. The van der Waals surface area contributed by atoms with Crippen molar-refractivity contribution < 1.29 is 9.18 Å². The van der Waals surface area contributed by atoms with Gasteiger partial charge in [0.15, 0.2) is 12.5 Å². The van der Waals surface area contributed by atoms with E-state index in [1.54, 1.807) is 0 Å². The van der Waals surface area contributed by atoms with Crippen LogP contribution in [-0.2, 0) is 4.79 Å². The van der Waals surface area contributed by atoms with Crippen LogP contribution < -0.4 is 0 Å². The zero-order valence-electron chi connectivity index (χ0n) is 9.29. The predicted molar refractivity (Wildman–Crippen MR) is 55.0 cm³/mol. The molecular formula is C11H20FNO. The summed E-state index contributed by atoms with van der Waals surface area (Å²) in [4.78, 5) is 12.6. The van der Waals surface area contributed by atoms with E-state index in [4.69, 9.17) is 0 Å². The van der Waals surface area contributed by atoms with Gasteiger partial charge >= 0.3 is 0 Å². The number of carbonyl (C=O) groups is 1. The summed E-state index contributed by atoms with van der Waals surface area (Å²) in [6.07, 6.45) is 0.795. The lowest BCUT2D eigenvalue weighted by molar-refractivity contribution is -0.114. The van der Waals surface area contributed by atoms with Gasteiger partial charge in [0.25, 0.3) is 0 Å². The molecule has 0 aliphatic carbocycles. The number of piperidine rings is 1. The first kappa shape index (κ1) is 11.6. The third kappa shape index (κ3) is 2.77. The Kier molecular flexibility index (Phi) is 3.65. The zero-order valence-corrected chi connectivity index (χ0v) is 9.29. The molecule has 1 atom stereocenters. The second-order valence-electron chi connectivity index (χ2n) is 5.08. The molecule has 0 bridgehead atoms. The van der Waals surface area contributed by atoms with Crippen molar-refractivity contribution in [2.45, 2.75) is 45.3 Å². The van der Waals surface area contributed by atoms with Crippen LogP contribution in [0.25, 0.3) is 0 Å². The smallest absolute Gasteiger partial charge is 0.158 e. The Morgan fingerprint density at radius 3 is 2.21 bits per heavy atom. The Hall–Kier alpha value is -0.440. The standard InChI is InChI=1S/C11H20FNO/c1-11(2,3)13-6-4-9(5-7-13)10(12)8-14/h8-10H,4-7H2,1-3H3/t10-/m1/s1. The maximum Gasteiger partial charge on any atom is 0.158 e. The topological polar surface area (TPSA) is 20.3 Å². The molecule has 82 valence electrons. The van der Waals surface area contributed by atoms with Gasteiger partial charge in [0.05, 0.1) is 0 Å². The molecule has 0 radical (unpaired) electrons. The van der Waals surface area contributed by atoms with E-state index in [9.17, 15) is 9.18 Å². The lowest BCUT2D eigenvalue weighted by atomic mass is 9.90. The summed E-state index contributed by atoms with van der Waals surface area (Å²) in [5, 5.41) is 0. The maximum absolute atomic E-state index is 13.1. The fraction of sp³-hybridized carbons (Fsp3) is 0.909. The van der Waals surface area contributed by atoms with Crippen LogP contribution in [0.3, 0.4) is 0 Å². The summed E-state index contributed by atoms with van der Waals surface area (Å²) in [6, 6.07) is 0. The van der Waals surface area contributed by atoms with Gasteiger partial charge in [0.2, 0.25) is 0 Å². The molecule has 1 rings (SSSR count). The summed E-state index contributed by atoms with van der Waals surface area (Å²) >= 11 is 0. The Labute approximate surface area is 85.5 Å². The quantitative estimate of drug-likeness (QED) is 0.637. The van der Waals surface area contributed by atoms with Crippen LogP contribution in [0.2, 0.25) is 0 Å². The SMILES string of the molecule is CC(C)(C)N1CCC([C@H](F)C=O)CC1. The summed E-state index contributed by atoms with van der Waals surface area (Å²) in [7, 11) is 0. The van der Waals surface area contributed by atoms with Crippen LogP contribution in [-0.4, -0.2) is 36.0 Å². The maximum atomic E-state index is 13.1. The molecule has 0 aromatic heterocycles. The molecule has 0 aromatic carbocycles. The molecule has 1 aliphatic heterocycles. The average Bonchev–Trinajstić information content (AvgIpc) is 2.15. The van der Waals surface area contributed by atoms with Crippen molar-refractivity contribution in [1.29, 1.82) is 0 Å². The fourth-order valence-corrected chi connectivity index (χ4v) is 2.00. The first-order valence-electron chi connectivity index (χ1n) is 5.29. The van der Waals surface area contributed by atoms with Gasteiger partial charge in [-0.25, -0.2) is 4.39 Å². The van der Waals surface area contributed by atoms with Gasteiger partial charge in [-0.1, -0.05) is 0 Å². The van der Waals surface area contributed by atoms with Gasteiger partial charge in [-0.05, 0) is 52.6 Å². The Morgan fingerprint density at radius 2 is 1.86 bits per heavy atom. The number of halogens is 1. The van der Waals surface area contributed by atoms with Crippen molar-refractivity contribution in [2.75, 3.05) is 13.1 Å². The van der Waals surface area contributed by atoms with Crippen molar-refractivity contribution in [3.05, 3.63) is 0 Å². The molecule has 1 saturated heterocycles. The molecule has 3 heteroatoms. The fourth-order valence-electron chi connectivity index (χ4n) is 2.00. The highest BCUT2D eigenvalue weighted by Gasteiger charge is 2.30. The summed E-state index contributed by atoms with van der Waals surface area (Å²) in [5.74, 6) is -0.0499. The van der Waals surface area contributed by atoms with Crippen LogP contribution in [0.1, 0.15) is 33.6 Å². The Morgan fingerprint density at radius 1 is 1.36 bits per heavy atom. The highest BCUT2D eigenvalue weighted by Crippen LogP contribution is 2.26. The lowest BCUT2D eigenvalue weighted by Gasteiger charge is -2.41. The van der Waals surface area contributed by atoms with Crippen molar-refractivity contribution in [2.24, 2.45) is 5.92 Å². The first-order valence-corrected chi connectivity index (χ1v) is 5.29. The number of rotatable bonds is 2. The second-order valence-corrected chi connectivity index (χ2v) is 5.08. The van der Waals surface area contributed by atoms with E-state index in [2.05, 4.69) is 25.7 Å². The molecule has 0 N–H and O–H groups in total. The first-order chi connectivity index (χ1) is 6.45. The van der Waals surface area contributed by atoms with E-state index in [1.807, 2.05) is 0 Å². The molecule has 14 heavy (non-hydrogen) atoms. The molecule has 0 saturated carbocycles. The number of hydrogen-bond acceptors (Lipinski definition) is 2. The van der Waals surface area contributed by atoms with E-state index in [-0.39, 0.29) is 11.5 Å². The minimum atomic E-state index is -1.25. The van der Waals surface area contributed by atoms with Crippen LogP contribution in [0.4, 0.5) is 4.39 Å². The van der Waals surface area contributed by atoms with E-state index in [1.165, 1.54) is 0 Å². The molecule has 0 amide bonds. The summed E-state index contributed by atoms with van der Waals surface area (Å²) in [5.41, 5.74) is 0.165. The number of likely N-dealkylation sites (tertiary alicyclic amines) is 1. The Bertz CT molecular complexity index is 192. The number of nitrogens with zero attached hydrogens (tertiary/aromatic N) is 1. The number of alkyl halides is 1. The summed E-state index contributed by atoms with van der Waals surface area (Å²) < 4.78 is 13.1. The molecule has 2 nitrogen and oxygen atoms in total. The normalized spacial score (nSPS) is 23.4. The lowest BCUT2D eigenvalue weighted by Crippen LogP contribution is -2.47. The van der Waals surface area contributed by atoms with Gasteiger partial charge in [-0.2, -0.15) is 0 Å². The third-order valence-corrected chi connectivity index (χ3v) is 3.07. The molecule has 0 spiro atoms. The highest BCUT2D eigenvalue weighted by atomic mass is 19.1. The largest absolute Gasteiger partial charge is 0.300 e. The van der Waals surface area contributed by atoms with Crippen LogP contribution >= 0.6 is 0 Å². The van der Waals surface area contributed by atoms with Crippen molar-refractivity contribution >= 4 is 6.29 Å². The predicted octanol–water partition coefficient (Wildman–Crippen LogP) is 2.03. The van der Waals surface area contributed by atoms with Gasteiger partial charge in [0, 0.05) is 5.54 Å². The molecule has 0 aromatic rings. The number of carbonyl (C=O) groups excluding carboxylic acids is 1. The van der Waals surface area contributed by atoms with Crippen molar-refractivity contribution in [3.8, 4) is 0 Å². The van der Waals surface area contributed by atoms with Gasteiger partial charge in [-0.3, -0.25) is 4.90 Å². The van der Waals surface area contributed by atoms with Gasteiger partial charge < -0.3 is 4.79 Å². The average molecular weight is 201 g/mol. The van der Waals surface area contributed by atoms with Crippen molar-refractivity contribution in [3.63, 3.8) is 0 Å². The van der Waals surface area contributed by atoms with Gasteiger partial charge in [0.1, 0.15) is 0 Å². The monoisotopic (exact) mass is 201 g/mol.